The molecule has 0 aliphatic carbocycles. The minimum absolute atomic E-state index is 0.0350. The molecule has 0 fully saturated rings. The van der Waals surface area contributed by atoms with Crippen LogP contribution in [0.25, 0.3) is 0 Å². The summed E-state index contributed by atoms with van der Waals surface area (Å²) in [5.74, 6) is -15.2. The molecule has 6 rings (SSSR count). The molecule has 0 aliphatic rings. The highest BCUT2D eigenvalue weighted by atomic mass is 32.3. The molecule has 0 unspecified atom stereocenters. The van der Waals surface area contributed by atoms with Crippen molar-refractivity contribution in [3.8, 4) is 23.0 Å². The number of ether oxygens (including phenoxy) is 3. The van der Waals surface area contributed by atoms with Crippen LogP contribution in [0.2, 0.25) is 0 Å². The zero-order chi connectivity index (χ0) is 52.5. The second-order valence-electron chi connectivity index (χ2n) is 16.6. The topological polar surface area (TPSA) is 150 Å². The summed E-state index contributed by atoms with van der Waals surface area (Å²) in [5, 5.41) is 2.73. The lowest BCUT2D eigenvalue weighted by atomic mass is 9.84. The highest BCUT2D eigenvalue weighted by molar-refractivity contribution is 8.00. The van der Waals surface area contributed by atoms with E-state index in [0.717, 1.165) is 53.5 Å². The Kier molecular flexibility index (Phi) is 19.6. The maximum Gasteiger partial charge on any atom is 0.514 e. The molecule has 0 atom stereocenters. The van der Waals surface area contributed by atoms with Crippen molar-refractivity contribution in [2.45, 2.75) is 43.5 Å². The van der Waals surface area contributed by atoms with Gasteiger partial charge in [0.05, 0.1) is 10.3 Å². The maximum atomic E-state index is 14.2. The summed E-state index contributed by atoms with van der Waals surface area (Å²) >= 11 is 1.83. The van der Waals surface area contributed by atoms with Crippen LogP contribution in [-0.4, -0.2) is 82.9 Å². The van der Waals surface area contributed by atoms with Gasteiger partial charge in [0.1, 0.15) is 6.61 Å². The van der Waals surface area contributed by atoms with Crippen LogP contribution >= 0.6 is 11.8 Å². The number of carbonyl (C=O) groups excluding carboxylic acids is 3. The summed E-state index contributed by atoms with van der Waals surface area (Å²) in [6, 6.07) is 39.6. The van der Waals surface area contributed by atoms with E-state index in [-0.39, 0.29) is 17.9 Å². The van der Waals surface area contributed by atoms with Gasteiger partial charge in [-0.15, -0.1) is 20.2 Å². The van der Waals surface area contributed by atoms with Gasteiger partial charge in [-0.2, -0.15) is 8.78 Å². The number of thioether (sulfide) groups is 1. The quantitative estimate of drug-likeness (QED) is 0.0117. The Labute approximate surface area is 424 Å². The van der Waals surface area contributed by atoms with Crippen molar-refractivity contribution in [1.29, 1.82) is 0 Å². The van der Waals surface area contributed by atoms with E-state index in [4.69, 9.17) is 17.8 Å². The second kappa shape index (κ2) is 26.0. The summed E-state index contributed by atoms with van der Waals surface area (Å²) in [4.78, 5) is 42.3. The van der Waals surface area contributed by atoms with E-state index >= 15 is 0 Å². The fourth-order valence-electron chi connectivity index (χ4n) is 7.45. The molecule has 6 aromatic carbocycles. The number of benzene rings is 6. The van der Waals surface area contributed by atoms with Crippen LogP contribution in [0.4, 0.5) is 31.5 Å². The van der Waals surface area contributed by atoms with Crippen LogP contribution in [0, 0.1) is 29.1 Å². The standard InChI is InChI=1S/C53H52F5N3O10S2/c1-60(2)31-19-32-61(3)51(63)68-42-26-15-16-27-43(42)71-73(65,66)70-41-29-28-36(35-67-52(64)69-49-47(57)45(55)44(54)46(56)48(49)58)34-40(41)50(62)59-30-17-4-5-18-33-72-53(37-20-9-6-10-21-37,38-22-11-7-12-23-38)39-24-13-8-14-25-39/h6-16,20-29,34H,4-5,17-19,30-33,35H2,1-3H3,(H,59,62). The van der Waals surface area contributed by atoms with Crippen LogP contribution in [0.3, 0.4) is 0 Å². The number of rotatable bonds is 24. The highest BCUT2D eigenvalue weighted by Crippen LogP contribution is 2.48. The predicted octanol–water partition coefficient (Wildman–Crippen LogP) is 11.2. The molecule has 73 heavy (non-hydrogen) atoms. The highest BCUT2D eigenvalue weighted by Gasteiger charge is 2.37. The molecule has 0 radical (unpaired) electrons. The first-order valence-electron chi connectivity index (χ1n) is 22.9. The molecule has 0 aliphatic heterocycles. The minimum atomic E-state index is -5.10. The molecule has 13 nitrogen and oxygen atoms in total. The van der Waals surface area contributed by atoms with Gasteiger partial charge in [0.2, 0.25) is 34.8 Å². The molecular formula is C53H52F5N3O10S2. The van der Waals surface area contributed by atoms with Gasteiger partial charge in [-0.3, -0.25) is 4.79 Å². The third kappa shape index (κ3) is 14.7. The van der Waals surface area contributed by atoms with Crippen molar-refractivity contribution in [2.24, 2.45) is 0 Å². The predicted molar refractivity (Wildman–Crippen MR) is 264 cm³/mol. The van der Waals surface area contributed by atoms with Crippen LogP contribution in [0.5, 0.6) is 23.0 Å². The lowest BCUT2D eigenvalue weighted by molar-refractivity contribution is 0.0887. The van der Waals surface area contributed by atoms with Gasteiger partial charge in [-0.1, -0.05) is 122 Å². The number of unbranched alkanes of at least 4 members (excludes halogenated alkanes) is 3. The largest absolute Gasteiger partial charge is 0.514 e. The number of nitrogens with one attached hydrogen (secondary N) is 1. The third-order valence-electron chi connectivity index (χ3n) is 11.1. The monoisotopic (exact) mass is 1050 g/mol. The number of carbonyl (C=O) groups is 3. The molecule has 0 aromatic heterocycles. The van der Waals surface area contributed by atoms with E-state index in [1.807, 2.05) is 85.4 Å². The first-order chi connectivity index (χ1) is 35.0. The van der Waals surface area contributed by atoms with E-state index in [1.165, 1.54) is 36.2 Å². The Morgan fingerprint density at radius 3 is 1.68 bits per heavy atom. The smallest absolute Gasteiger partial charge is 0.429 e. The number of amides is 2. The van der Waals surface area contributed by atoms with Crippen LogP contribution in [0.15, 0.2) is 133 Å². The zero-order valence-corrected chi connectivity index (χ0v) is 41.6. The Bertz CT molecular complexity index is 2820. The van der Waals surface area contributed by atoms with Crippen LogP contribution in [-0.2, 0) is 26.5 Å². The molecule has 0 saturated carbocycles. The van der Waals surface area contributed by atoms with Crippen molar-refractivity contribution in [1.82, 2.24) is 15.1 Å². The normalized spacial score (nSPS) is 11.5. The van der Waals surface area contributed by atoms with Crippen molar-refractivity contribution in [3.63, 3.8) is 0 Å². The Morgan fingerprint density at radius 1 is 0.589 bits per heavy atom. The minimum Gasteiger partial charge on any atom is -0.429 e. The van der Waals surface area contributed by atoms with Gasteiger partial charge < -0.3 is 37.7 Å². The molecule has 6 aromatic rings. The fraction of sp³-hybridized carbons (Fsp3) is 0.264. The number of halogens is 5. The van der Waals surface area contributed by atoms with Crippen LogP contribution in [0.1, 0.15) is 64.7 Å². The van der Waals surface area contributed by atoms with E-state index in [9.17, 15) is 44.8 Å². The van der Waals surface area contributed by atoms with Crippen molar-refractivity contribution in [3.05, 3.63) is 190 Å². The lowest BCUT2D eigenvalue weighted by Gasteiger charge is -2.35. The number of hydrogen-bond donors (Lipinski definition) is 1. The molecule has 2 amide bonds. The molecule has 386 valence electrons. The molecule has 0 bridgehead atoms. The number of hydrogen-bond acceptors (Lipinski definition) is 12. The summed E-state index contributed by atoms with van der Waals surface area (Å²) in [5.41, 5.74) is 2.98. The third-order valence-corrected chi connectivity index (χ3v) is 13.5. The van der Waals surface area contributed by atoms with Gasteiger partial charge in [0.25, 0.3) is 5.91 Å². The van der Waals surface area contributed by atoms with Gasteiger partial charge >= 0.3 is 22.6 Å². The van der Waals surface area contributed by atoms with E-state index in [0.29, 0.717) is 32.4 Å². The van der Waals surface area contributed by atoms with Crippen molar-refractivity contribution in [2.75, 3.05) is 46.5 Å². The molecule has 0 saturated heterocycles. The van der Waals surface area contributed by atoms with E-state index in [2.05, 4.69) is 46.5 Å². The molecular weight excluding hydrogens is 998 g/mol. The summed E-state index contributed by atoms with van der Waals surface area (Å²) in [6.07, 6.45) is 0.817. The van der Waals surface area contributed by atoms with Gasteiger partial charge in [-0.05, 0) is 92.2 Å². The van der Waals surface area contributed by atoms with E-state index < -0.39 is 91.8 Å². The van der Waals surface area contributed by atoms with Gasteiger partial charge in [0.15, 0.2) is 17.2 Å². The maximum absolute atomic E-state index is 14.2. The summed E-state index contributed by atoms with van der Waals surface area (Å²) in [7, 11) is 0.175. The zero-order valence-electron chi connectivity index (χ0n) is 40.0. The average Bonchev–Trinajstić information content (AvgIpc) is 3.39. The Balaban J connectivity index is 1.12. The molecule has 0 spiro atoms. The lowest BCUT2D eigenvalue weighted by Crippen LogP contribution is -2.32. The Hall–Kier alpha value is -7.16. The fourth-order valence-corrected chi connectivity index (χ4v) is 9.77. The molecule has 0 heterocycles. The van der Waals surface area contributed by atoms with Crippen molar-refractivity contribution < 1.29 is 67.3 Å². The molecule has 1 N–H and O–H groups in total. The average molecular weight is 1050 g/mol. The van der Waals surface area contributed by atoms with Crippen molar-refractivity contribution >= 4 is 40.3 Å². The first-order valence-corrected chi connectivity index (χ1v) is 25.2. The van der Waals surface area contributed by atoms with Gasteiger partial charge in [0, 0.05) is 20.1 Å². The number of nitrogens with zero attached hydrogens (tertiary/aromatic N) is 2. The summed E-state index contributed by atoms with van der Waals surface area (Å²) < 4.78 is 121. The van der Waals surface area contributed by atoms with Gasteiger partial charge in [-0.25, -0.2) is 22.8 Å². The Morgan fingerprint density at radius 2 is 1.11 bits per heavy atom. The SMILES string of the molecule is CN(C)CCCN(C)C(=O)Oc1ccccc1OS(=O)(=O)Oc1ccc(COC(=O)Oc2c(F)c(F)c(F)c(F)c2F)cc1C(=O)NCCCCCCSC(c1ccccc1)(c1ccccc1)c1ccccc1. The molecule has 20 heteroatoms. The van der Waals surface area contributed by atoms with E-state index in [1.54, 1.807) is 0 Å². The first kappa shape index (κ1) is 55.2. The van der Waals surface area contributed by atoms with Crippen LogP contribution < -0.4 is 23.2 Å². The number of para-hydroxylation sites is 2. The second-order valence-corrected chi connectivity index (χ2v) is 19.1. The summed E-state index contributed by atoms with van der Waals surface area (Å²) in [6.45, 7) is 0.352.